The van der Waals surface area contributed by atoms with Gasteiger partial charge in [-0.1, -0.05) is 38.1 Å². The molecule has 3 aromatic rings. The molecule has 1 amide bonds. The van der Waals surface area contributed by atoms with Crippen molar-refractivity contribution in [3.8, 4) is 16.3 Å². The molecular weight excluding hydrogens is 344 g/mol. The van der Waals surface area contributed by atoms with E-state index in [4.69, 9.17) is 4.74 Å². The van der Waals surface area contributed by atoms with E-state index in [1.54, 1.807) is 5.38 Å². The Balaban J connectivity index is 1.73. The van der Waals surface area contributed by atoms with E-state index >= 15 is 0 Å². The first kappa shape index (κ1) is 18.1. The largest absolute Gasteiger partial charge is 0.493 e. The number of thiazole rings is 1. The fraction of sp³-hybridized carbons (Fsp3) is 0.238. The minimum absolute atomic E-state index is 0.203. The molecule has 0 fully saturated rings. The molecule has 0 atom stereocenters. The van der Waals surface area contributed by atoms with Crippen molar-refractivity contribution in [2.75, 3.05) is 11.9 Å². The van der Waals surface area contributed by atoms with Crippen molar-refractivity contribution in [2.45, 2.75) is 20.8 Å². The number of benzene rings is 2. The number of aryl methyl sites for hydroxylation is 1. The van der Waals surface area contributed by atoms with Gasteiger partial charge in [0.05, 0.1) is 6.61 Å². The summed E-state index contributed by atoms with van der Waals surface area (Å²) in [5.74, 6) is 1.08. The summed E-state index contributed by atoms with van der Waals surface area (Å²) in [5, 5.41) is 5.47. The van der Waals surface area contributed by atoms with Gasteiger partial charge in [0.2, 0.25) is 0 Å². The first-order valence-electron chi connectivity index (χ1n) is 8.58. The molecule has 0 aliphatic heterocycles. The summed E-state index contributed by atoms with van der Waals surface area (Å²) in [7, 11) is 0. The highest BCUT2D eigenvalue weighted by molar-refractivity contribution is 7.13. The van der Waals surface area contributed by atoms with E-state index in [2.05, 4.69) is 24.1 Å². The Labute approximate surface area is 157 Å². The Morgan fingerprint density at radius 3 is 2.77 bits per heavy atom. The van der Waals surface area contributed by atoms with Crippen molar-refractivity contribution in [1.82, 2.24) is 4.98 Å². The third-order valence-electron chi connectivity index (χ3n) is 3.68. The van der Waals surface area contributed by atoms with E-state index in [1.807, 2.05) is 55.5 Å². The lowest BCUT2D eigenvalue weighted by atomic mass is 10.2. The lowest BCUT2D eigenvalue weighted by Crippen LogP contribution is -2.12. The van der Waals surface area contributed by atoms with E-state index in [0.29, 0.717) is 18.2 Å². The lowest BCUT2D eigenvalue weighted by Gasteiger charge is -2.09. The maximum atomic E-state index is 12.4. The minimum atomic E-state index is -0.203. The van der Waals surface area contributed by atoms with Crippen LogP contribution >= 0.6 is 11.3 Å². The van der Waals surface area contributed by atoms with Crippen LogP contribution in [0.2, 0.25) is 0 Å². The number of hydrogen-bond acceptors (Lipinski definition) is 4. The van der Waals surface area contributed by atoms with Crippen LogP contribution in [0.4, 0.5) is 5.69 Å². The van der Waals surface area contributed by atoms with Crippen molar-refractivity contribution in [3.05, 3.63) is 65.2 Å². The van der Waals surface area contributed by atoms with E-state index < -0.39 is 0 Å². The number of ether oxygens (including phenoxy) is 1. The number of amides is 1. The number of anilines is 1. The molecule has 1 heterocycles. The molecule has 0 saturated heterocycles. The highest BCUT2D eigenvalue weighted by Gasteiger charge is 2.13. The number of nitrogens with zero attached hydrogens (tertiary/aromatic N) is 1. The van der Waals surface area contributed by atoms with Crippen LogP contribution in [-0.4, -0.2) is 17.5 Å². The van der Waals surface area contributed by atoms with Crippen molar-refractivity contribution in [2.24, 2.45) is 5.92 Å². The summed E-state index contributed by atoms with van der Waals surface area (Å²) in [6, 6.07) is 15.5. The fourth-order valence-corrected chi connectivity index (χ4v) is 3.21. The van der Waals surface area contributed by atoms with Gasteiger partial charge >= 0.3 is 0 Å². The molecule has 4 nitrogen and oxygen atoms in total. The second-order valence-corrected chi connectivity index (χ2v) is 7.45. The summed E-state index contributed by atoms with van der Waals surface area (Å²) >= 11 is 1.45. The number of aromatic nitrogens is 1. The molecule has 2 aromatic carbocycles. The summed E-state index contributed by atoms with van der Waals surface area (Å²) < 4.78 is 5.77. The van der Waals surface area contributed by atoms with Gasteiger partial charge in [-0.15, -0.1) is 11.3 Å². The summed E-state index contributed by atoms with van der Waals surface area (Å²) in [6.07, 6.45) is 0. The molecule has 0 saturated carbocycles. The number of rotatable bonds is 6. The van der Waals surface area contributed by atoms with Gasteiger partial charge in [-0.05, 0) is 42.7 Å². The van der Waals surface area contributed by atoms with E-state index in [9.17, 15) is 4.79 Å². The Bertz CT molecular complexity index is 902. The molecule has 0 spiro atoms. The Kier molecular flexibility index (Phi) is 5.68. The quantitative estimate of drug-likeness (QED) is 0.635. The predicted octanol–water partition coefficient (Wildman–Crippen LogP) is 5.41. The van der Waals surface area contributed by atoms with Gasteiger partial charge in [-0.25, -0.2) is 4.98 Å². The van der Waals surface area contributed by atoms with Gasteiger partial charge < -0.3 is 10.1 Å². The molecule has 26 heavy (non-hydrogen) atoms. The normalized spacial score (nSPS) is 10.8. The van der Waals surface area contributed by atoms with Gasteiger partial charge in [-0.2, -0.15) is 0 Å². The van der Waals surface area contributed by atoms with Crippen molar-refractivity contribution < 1.29 is 9.53 Å². The van der Waals surface area contributed by atoms with Gasteiger partial charge in [0.25, 0.3) is 5.91 Å². The second kappa shape index (κ2) is 8.15. The van der Waals surface area contributed by atoms with Crippen LogP contribution in [0.5, 0.6) is 5.75 Å². The molecule has 134 valence electrons. The monoisotopic (exact) mass is 366 g/mol. The van der Waals surface area contributed by atoms with Gasteiger partial charge in [0.15, 0.2) is 0 Å². The molecule has 1 aromatic heterocycles. The summed E-state index contributed by atoms with van der Waals surface area (Å²) in [6.45, 7) is 6.89. The molecular formula is C21H22N2O2S. The van der Waals surface area contributed by atoms with Gasteiger partial charge in [0.1, 0.15) is 16.5 Å². The van der Waals surface area contributed by atoms with Crippen molar-refractivity contribution in [1.29, 1.82) is 0 Å². The van der Waals surface area contributed by atoms with Gasteiger partial charge in [0, 0.05) is 16.6 Å². The summed E-state index contributed by atoms with van der Waals surface area (Å²) in [4.78, 5) is 16.9. The first-order chi connectivity index (χ1) is 12.5. The maximum absolute atomic E-state index is 12.4. The average molecular weight is 366 g/mol. The third kappa shape index (κ3) is 4.70. The average Bonchev–Trinajstić information content (AvgIpc) is 3.10. The van der Waals surface area contributed by atoms with Crippen molar-refractivity contribution >= 4 is 22.9 Å². The Hall–Kier alpha value is -2.66. The number of carbonyl (C=O) groups is 1. The molecule has 0 aliphatic rings. The van der Waals surface area contributed by atoms with E-state index in [1.165, 1.54) is 11.3 Å². The third-order valence-corrected chi connectivity index (χ3v) is 4.57. The van der Waals surface area contributed by atoms with Crippen LogP contribution in [0, 0.1) is 12.8 Å². The molecule has 0 unspecified atom stereocenters. The second-order valence-electron chi connectivity index (χ2n) is 6.59. The zero-order chi connectivity index (χ0) is 18.5. The highest BCUT2D eigenvalue weighted by atomic mass is 32.1. The van der Waals surface area contributed by atoms with Crippen LogP contribution in [0.15, 0.2) is 53.9 Å². The summed E-state index contributed by atoms with van der Waals surface area (Å²) in [5.41, 5.74) is 3.24. The fourth-order valence-electron chi connectivity index (χ4n) is 2.41. The topological polar surface area (TPSA) is 51.2 Å². The van der Waals surface area contributed by atoms with Crippen LogP contribution in [0.3, 0.4) is 0 Å². The zero-order valence-corrected chi connectivity index (χ0v) is 16.0. The Morgan fingerprint density at radius 1 is 1.19 bits per heavy atom. The standard InChI is InChI=1S/C21H22N2O2S/c1-14(2)12-25-18-9-5-7-16(11-18)21-23-19(13-26-21)20(24)22-17-8-4-6-15(3)10-17/h4-11,13-14H,12H2,1-3H3,(H,22,24). The van der Waals surface area contributed by atoms with Gasteiger partial charge in [-0.3, -0.25) is 4.79 Å². The molecule has 0 radical (unpaired) electrons. The predicted molar refractivity (Wildman–Crippen MR) is 107 cm³/mol. The number of nitrogens with one attached hydrogen (secondary N) is 1. The lowest BCUT2D eigenvalue weighted by molar-refractivity contribution is 0.102. The smallest absolute Gasteiger partial charge is 0.275 e. The number of hydrogen-bond donors (Lipinski definition) is 1. The van der Waals surface area contributed by atoms with E-state index in [0.717, 1.165) is 27.6 Å². The SMILES string of the molecule is Cc1cccc(NC(=O)c2csc(-c3cccc(OCC(C)C)c3)n2)c1. The molecule has 0 bridgehead atoms. The Morgan fingerprint density at radius 2 is 2.00 bits per heavy atom. The van der Waals surface area contributed by atoms with Crippen LogP contribution in [0.25, 0.3) is 10.6 Å². The van der Waals surface area contributed by atoms with Crippen molar-refractivity contribution in [3.63, 3.8) is 0 Å². The zero-order valence-electron chi connectivity index (χ0n) is 15.2. The first-order valence-corrected chi connectivity index (χ1v) is 9.46. The highest BCUT2D eigenvalue weighted by Crippen LogP contribution is 2.27. The molecule has 5 heteroatoms. The molecule has 3 rings (SSSR count). The van der Waals surface area contributed by atoms with E-state index in [-0.39, 0.29) is 5.91 Å². The maximum Gasteiger partial charge on any atom is 0.275 e. The molecule has 1 N–H and O–H groups in total. The van der Waals surface area contributed by atoms with Crippen LogP contribution in [0.1, 0.15) is 29.9 Å². The molecule has 0 aliphatic carbocycles. The van der Waals surface area contributed by atoms with Crippen LogP contribution in [-0.2, 0) is 0 Å². The number of carbonyl (C=O) groups excluding carboxylic acids is 1. The van der Waals surface area contributed by atoms with Crippen LogP contribution < -0.4 is 10.1 Å². The minimum Gasteiger partial charge on any atom is -0.493 e.